The lowest BCUT2D eigenvalue weighted by Gasteiger charge is -2.16. The van der Waals surface area contributed by atoms with E-state index in [4.69, 9.17) is 0 Å². The molecule has 6 rings (SSSR count). The maximum atomic E-state index is 13.6. The molecule has 0 bridgehead atoms. The first kappa shape index (κ1) is 20.8. The normalized spacial score (nSPS) is 14.7. The largest absolute Gasteiger partial charge is 0.324 e. The summed E-state index contributed by atoms with van der Waals surface area (Å²) < 4.78 is 2.70. The zero-order chi connectivity index (χ0) is 23.4. The third-order valence-electron chi connectivity index (χ3n) is 5.68. The van der Waals surface area contributed by atoms with E-state index in [9.17, 15) is 14.4 Å². The second-order valence-electron chi connectivity index (χ2n) is 7.80. The number of rotatable bonds is 3. The summed E-state index contributed by atoms with van der Waals surface area (Å²) in [6.07, 6.45) is 0. The maximum absolute atomic E-state index is 13.6. The van der Waals surface area contributed by atoms with Crippen LogP contribution in [0, 0.1) is 0 Å². The lowest BCUT2D eigenvalue weighted by molar-refractivity contribution is -0.118. The van der Waals surface area contributed by atoms with Crippen molar-refractivity contribution in [3.8, 4) is 0 Å². The lowest BCUT2D eigenvalue weighted by atomic mass is 10.1. The Morgan fingerprint density at radius 1 is 1.00 bits per heavy atom. The van der Waals surface area contributed by atoms with Gasteiger partial charge in [-0.1, -0.05) is 63.7 Å². The number of nitrogens with zero attached hydrogens (tertiary/aromatic N) is 3. The molecular formula is C25H15BrN4O3S. The summed E-state index contributed by atoms with van der Waals surface area (Å²) >= 11 is 4.57. The molecule has 166 valence electrons. The van der Waals surface area contributed by atoms with Gasteiger partial charge in [0, 0.05) is 15.7 Å². The van der Waals surface area contributed by atoms with Crippen molar-refractivity contribution in [2.75, 3.05) is 16.8 Å². The molecule has 1 aliphatic rings. The predicted molar refractivity (Wildman–Crippen MR) is 136 cm³/mol. The maximum Gasteiger partial charge on any atom is 0.275 e. The molecule has 9 heteroatoms. The van der Waals surface area contributed by atoms with Crippen LogP contribution in [-0.2, 0) is 9.59 Å². The third kappa shape index (κ3) is 3.24. The first-order chi connectivity index (χ1) is 16.5. The van der Waals surface area contributed by atoms with Gasteiger partial charge in [0.2, 0.25) is 5.91 Å². The van der Waals surface area contributed by atoms with Crippen molar-refractivity contribution < 1.29 is 9.59 Å². The molecule has 0 aliphatic carbocycles. The molecule has 0 radical (unpaired) electrons. The molecule has 2 aromatic heterocycles. The highest BCUT2D eigenvalue weighted by molar-refractivity contribution is 9.10. The quantitative estimate of drug-likeness (QED) is 0.386. The fourth-order valence-corrected chi connectivity index (χ4v) is 5.71. The molecule has 0 saturated carbocycles. The number of nitrogens with one attached hydrogen (secondary N) is 1. The number of benzene rings is 3. The first-order valence-electron chi connectivity index (χ1n) is 10.4. The number of anilines is 2. The Kier molecular flexibility index (Phi) is 4.82. The minimum absolute atomic E-state index is 0.175. The highest BCUT2D eigenvalue weighted by Gasteiger charge is 2.35. The number of hydrogen-bond donors (Lipinski definition) is 1. The molecule has 3 aromatic carbocycles. The van der Waals surface area contributed by atoms with Crippen LogP contribution < -0.4 is 20.3 Å². The van der Waals surface area contributed by atoms with Gasteiger partial charge in [-0.2, -0.15) is 0 Å². The van der Waals surface area contributed by atoms with Gasteiger partial charge in [0.05, 0.1) is 22.3 Å². The van der Waals surface area contributed by atoms with Crippen molar-refractivity contribution in [3.63, 3.8) is 0 Å². The number of para-hydroxylation sites is 3. The Morgan fingerprint density at radius 3 is 2.65 bits per heavy atom. The van der Waals surface area contributed by atoms with Crippen LogP contribution in [0.25, 0.3) is 21.6 Å². The molecular weight excluding hydrogens is 516 g/mol. The van der Waals surface area contributed by atoms with E-state index < -0.39 is 0 Å². The first-order valence-corrected chi connectivity index (χ1v) is 12.0. The molecule has 34 heavy (non-hydrogen) atoms. The van der Waals surface area contributed by atoms with Crippen LogP contribution in [0.5, 0.6) is 0 Å². The van der Waals surface area contributed by atoms with Gasteiger partial charge in [-0.15, -0.1) is 0 Å². The van der Waals surface area contributed by atoms with Crippen LogP contribution in [-0.4, -0.2) is 27.7 Å². The summed E-state index contributed by atoms with van der Waals surface area (Å²) in [6, 6.07) is 21.8. The van der Waals surface area contributed by atoms with Crippen LogP contribution in [0.2, 0.25) is 0 Å². The number of thiazole rings is 1. The Labute approximate surface area is 205 Å². The van der Waals surface area contributed by atoms with Crippen LogP contribution in [0.3, 0.4) is 0 Å². The molecule has 7 nitrogen and oxygen atoms in total. The van der Waals surface area contributed by atoms with Crippen LogP contribution in [0.15, 0.2) is 82.1 Å². The number of carbonyl (C=O) groups is 2. The Balaban J connectivity index is 1.45. The van der Waals surface area contributed by atoms with E-state index in [1.165, 1.54) is 16.2 Å². The van der Waals surface area contributed by atoms with Crippen LogP contribution in [0.1, 0.15) is 5.56 Å². The Morgan fingerprint density at radius 2 is 1.79 bits per heavy atom. The van der Waals surface area contributed by atoms with E-state index in [0.717, 1.165) is 9.99 Å². The summed E-state index contributed by atoms with van der Waals surface area (Å²) in [5.74, 6) is -0.715. The molecule has 1 aliphatic heterocycles. The van der Waals surface area contributed by atoms with Gasteiger partial charge < -0.3 is 5.32 Å². The molecule has 0 fully saturated rings. The highest BCUT2D eigenvalue weighted by Crippen LogP contribution is 2.35. The third-order valence-corrected chi connectivity index (χ3v) is 7.21. The minimum Gasteiger partial charge on any atom is -0.324 e. The van der Waals surface area contributed by atoms with Gasteiger partial charge in [0.25, 0.3) is 11.5 Å². The van der Waals surface area contributed by atoms with E-state index in [2.05, 4.69) is 26.2 Å². The number of fused-ring (bicyclic) bond motifs is 4. The summed E-state index contributed by atoms with van der Waals surface area (Å²) in [6.45, 7) is -0.175. The Bertz CT molecular complexity index is 1760. The predicted octanol–water partition coefficient (Wildman–Crippen LogP) is 3.57. The zero-order valence-electron chi connectivity index (χ0n) is 17.5. The SMILES string of the molecule is O=C(CN1C(=O)C(=c2sc3nc4ccccc4n3c2=O)c2ccccc21)Nc1cccc(Br)c1. The molecule has 3 heterocycles. The summed E-state index contributed by atoms with van der Waals surface area (Å²) in [5.41, 5.74) is 3.30. The number of amides is 2. The second-order valence-corrected chi connectivity index (χ2v) is 9.69. The zero-order valence-corrected chi connectivity index (χ0v) is 19.9. The van der Waals surface area contributed by atoms with Gasteiger partial charge in [-0.3, -0.25) is 19.3 Å². The van der Waals surface area contributed by atoms with E-state index in [0.29, 0.717) is 37.5 Å². The average Bonchev–Trinajstić information content (AvgIpc) is 3.43. The monoisotopic (exact) mass is 530 g/mol. The molecule has 1 N–H and O–H groups in total. The standard InChI is InChI=1S/C25H15BrN4O3S/c26-14-6-5-7-15(12-14)27-20(31)13-29-18-10-3-1-8-16(18)21(23(29)32)22-24(33)30-19-11-4-2-9-17(19)28-25(30)34-22/h1-12H,13H2,(H,27,31). The number of aromatic nitrogens is 2. The van der Waals surface area contributed by atoms with Crippen molar-refractivity contribution >= 4 is 72.0 Å². The van der Waals surface area contributed by atoms with Gasteiger partial charge in [-0.05, 0) is 36.4 Å². The topological polar surface area (TPSA) is 83.8 Å². The second kappa shape index (κ2) is 7.89. The van der Waals surface area contributed by atoms with E-state index in [1.54, 1.807) is 34.7 Å². The average molecular weight is 531 g/mol. The molecule has 2 amide bonds. The fraction of sp³-hybridized carbons (Fsp3) is 0.0400. The smallest absolute Gasteiger partial charge is 0.275 e. The van der Waals surface area contributed by atoms with Crippen molar-refractivity contribution in [2.24, 2.45) is 0 Å². The molecule has 0 atom stereocenters. The van der Waals surface area contributed by atoms with Crippen LogP contribution >= 0.6 is 27.3 Å². The van der Waals surface area contributed by atoms with E-state index >= 15 is 0 Å². The highest BCUT2D eigenvalue weighted by atomic mass is 79.9. The van der Waals surface area contributed by atoms with Crippen molar-refractivity contribution in [1.29, 1.82) is 0 Å². The van der Waals surface area contributed by atoms with Crippen molar-refractivity contribution in [1.82, 2.24) is 9.38 Å². The van der Waals surface area contributed by atoms with E-state index in [1.807, 2.05) is 42.5 Å². The summed E-state index contributed by atoms with van der Waals surface area (Å²) in [7, 11) is 0. The van der Waals surface area contributed by atoms with Crippen LogP contribution in [0.4, 0.5) is 11.4 Å². The van der Waals surface area contributed by atoms with Gasteiger partial charge in [-0.25, -0.2) is 9.38 Å². The van der Waals surface area contributed by atoms with E-state index in [-0.39, 0.29) is 23.9 Å². The molecule has 0 spiro atoms. The summed E-state index contributed by atoms with van der Waals surface area (Å²) in [5, 5.41) is 2.82. The molecule has 0 unspecified atom stereocenters. The number of imidazole rings is 1. The minimum atomic E-state index is -0.378. The number of hydrogen-bond acceptors (Lipinski definition) is 5. The van der Waals surface area contributed by atoms with Crippen molar-refractivity contribution in [2.45, 2.75) is 0 Å². The van der Waals surface area contributed by atoms with Gasteiger partial charge in [0.1, 0.15) is 11.1 Å². The molecule has 5 aromatic rings. The fourth-order valence-electron chi connectivity index (χ4n) is 4.23. The summed E-state index contributed by atoms with van der Waals surface area (Å²) in [4.78, 5) is 46.2. The molecule has 0 saturated heterocycles. The van der Waals surface area contributed by atoms with Gasteiger partial charge >= 0.3 is 0 Å². The Hall–Kier alpha value is -3.82. The number of carbonyl (C=O) groups excluding carboxylic acids is 2. The number of halogens is 1. The van der Waals surface area contributed by atoms with Crippen molar-refractivity contribution in [3.05, 3.63) is 97.7 Å². The van der Waals surface area contributed by atoms with Gasteiger partial charge in [0.15, 0.2) is 4.96 Å². The lowest BCUT2D eigenvalue weighted by Crippen LogP contribution is -2.37.